The topological polar surface area (TPSA) is 48.5 Å². The number of piperidine rings is 1. The van der Waals surface area contributed by atoms with Gasteiger partial charge in [0.25, 0.3) is 0 Å². The molecule has 4 heterocycles. The van der Waals surface area contributed by atoms with E-state index in [0.717, 1.165) is 56.3 Å². The fourth-order valence-corrected chi connectivity index (χ4v) is 4.97. The first-order valence-corrected chi connectivity index (χ1v) is 9.80. The Morgan fingerprint density at radius 3 is 2.83 bits per heavy atom. The maximum absolute atomic E-state index is 11.8. The third-order valence-electron chi connectivity index (χ3n) is 4.56. The molecule has 2 aromatic rings. The molecule has 122 valence electrons. The van der Waals surface area contributed by atoms with Crippen LogP contribution in [0, 0.1) is 0 Å². The molecular weight excluding hydrogens is 328 g/mol. The number of aromatic nitrogens is 1. The van der Waals surface area contributed by atoms with Gasteiger partial charge in [0.15, 0.2) is 0 Å². The molecule has 2 saturated heterocycles. The Labute approximate surface area is 143 Å². The smallest absolute Gasteiger partial charge is 0.317 e. The molecule has 2 amide bonds. The van der Waals surface area contributed by atoms with Gasteiger partial charge in [-0.25, -0.2) is 9.78 Å². The monoisotopic (exact) mass is 348 g/mol. The molecule has 0 saturated carbocycles. The van der Waals surface area contributed by atoms with Crippen LogP contribution >= 0.6 is 22.7 Å². The fourth-order valence-electron chi connectivity index (χ4n) is 3.35. The summed E-state index contributed by atoms with van der Waals surface area (Å²) >= 11 is 3.47. The summed E-state index contributed by atoms with van der Waals surface area (Å²) in [5.74, 6) is 0. The molecule has 2 fully saturated rings. The van der Waals surface area contributed by atoms with Gasteiger partial charge in [0, 0.05) is 44.1 Å². The van der Waals surface area contributed by atoms with Gasteiger partial charge in [-0.05, 0) is 24.3 Å². The molecule has 0 unspecified atom stereocenters. The highest BCUT2D eigenvalue weighted by Gasteiger charge is 2.30. The van der Waals surface area contributed by atoms with Crippen molar-refractivity contribution in [3.05, 3.63) is 28.6 Å². The van der Waals surface area contributed by atoms with Gasteiger partial charge in [-0.3, -0.25) is 4.90 Å². The van der Waals surface area contributed by atoms with Crippen LogP contribution in [-0.4, -0.2) is 53.0 Å². The number of likely N-dealkylation sites (tertiary alicyclic amines) is 1. The average molecular weight is 348 g/mol. The zero-order valence-electron chi connectivity index (χ0n) is 12.9. The van der Waals surface area contributed by atoms with E-state index in [-0.39, 0.29) is 6.03 Å². The van der Waals surface area contributed by atoms with E-state index in [9.17, 15) is 4.79 Å². The highest BCUT2D eigenvalue weighted by Crippen LogP contribution is 2.28. The van der Waals surface area contributed by atoms with Crippen molar-refractivity contribution in [1.82, 2.24) is 20.1 Å². The summed E-state index contributed by atoms with van der Waals surface area (Å²) in [7, 11) is 0. The number of nitrogens with one attached hydrogen (secondary N) is 1. The molecule has 7 heteroatoms. The van der Waals surface area contributed by atoms with Crippen LogP contribution in [0.1, 0.15) is 18.5 Å². The van der Waals surface area contributed by atoms with Crippen LogP contribution in [0.2, 0.25) is 0 Å². The molecule has 2 aromatic heterocycles. The van der Waals surface area contributed by atoms with Gasteiger partial charge in [0.2, 0.25) is 0 Å². The van der Waals surface area contributed by atoms with E-state index in [4.69, 9.17) is 4.98 Å². The third-order valence-corrected chi connectivity index (χ3v) is 6.49. The molecule has 0 spiro atoms. The molecule has 23 heavy (non-hydrogen) atoms. The number of carbonyl (C=O) groups excluding carboxylic acids is 1. The second kappa shape index (κ2) is 6.59. The van der Waals surface area contributed by atoms with Crippen LogP contribution in [-0.2, 0) is 6.54 Å². The second-order valence-corrected chi connectivity index (χ2v) is 7.86. The van der Waals surface area contributed by atoms with Gasteiger partial charge in [-0.1, -0.05) is 6.07 Å². The van der Waals surface area contributed by atoms with Crippen LogP contribution in [0.5, 0.6) is 0 Å². The number of hydrogen-bond acceptors (Lipinski definition) is 5. The Morgan fingerprint density at radius 2 is 2.13 bits per heavy atom. The van der Waals surface area contributed by atoms with E-state index in [1.54, 1.807) is 22.7 Å². The van der Waals surface area contributed by atoms with Crippen molar-refractivity contribution in [3.63, 3.8) is 0 Å². The Balaban J connectivity index is 1.32. The van der Waals surface area contributed by atoms with E-state index >= 15 is 0 Å². The summed E-state index contributed by atoms with van der Waals surface area (Å²) in [6, 6.07) is 4.72. The predicted molar refractivity (Wildman–Crippen MR) is 93.8 cm³/mol. The number of urea groups is 1. The number of thiazole rings is 1. The minimum atomic E-state index is 0.114. The Hall–Kier alpha value is -1.44. The Bertz CT molecular complexity index is 661. The van der Waals surface area contributed by atoms with E-state index in [1.807, 2.05) is 4.90 Å². The highest BCUT2D eigenvalue weighted by atomic mass is 32.1. The van der Waals surface area contributed by atoms with Gasteiger partial charge in [0.1, 0.15) is 5.01 Å². The largest absolute Gasteiger partial charge is 0.336 e. The van der Waals surface area contributed by atoms with E-state index in [2.05, 4.69) is 33.1 Å². The minimum absolute atomic E-state index is 0.114. The van der Waals surface area contributed by atoms with Crippen LogP contribution in [0.25, 0.3) is 9.88 Å². The first-order chi connectivity index (χ1) is 11.3. The lowest BCUT2D eigenvalue weighted by atomic mass is 10.0. The SMILES string of the molecule is O=C1NCCN1C1CCN(Cc2csc(-c3cccs3)n2)CC1. The quantitative estimate of drug-likeness (QED) is 0.924. The van der Waals surface area contributed by atoms with Gasteiger partial charge in [-0.2, -0.15) is 0 Å². The number of rotatable bonds is 4. The minimum Gasteiger partial charge on any atom is -0.336 e. The standard InChI is InChI=1S/C16H20N4OS2/c21-16-17-5-8-20(16)13-3-6-19(7-4-13)10-12-11-23-15(18-12)14-2-1-9-22-14/h1-2,9,11,13H,3-8,10H2,(H,17,21). The predicted octanol–water partition coefficient (Wildman–Crippen LogP) is 2.86. The number of amides is 2. The normalized spacial score (nSPS) is 20.2. The van der Waals surface area contributed by atoms with Crippen molar-refractivity contribution >= 4 is 28.7 Å². The first kappa shape index (κ1) is 15.1. The number of hydrogen-bond donors (Lipinski definition) is 1. The maximum Gasteiger partial charge on any atom is 0.317 e. The molecule has 0 aliphatic carbocycles. The van der Waals surface area contributed by atoms with Crippen LogP contribution < -0.4 is 5.32 Å². The first-order valence-electron chi connectivity index (χ1n) is 8.05. The molecule has 4 rings (SSSR count). The molecule has 5 nitrogen and oxygen atoms in total. The molecular formula is C16H20N4OS2. The van der Waals surface area contributed by atoms with Crippen molar-refractivity contribution in [2.24, 2.45) is 0 Å². The summed E-state index contributed by atoms with van der Waals surface area (Å²) in [4.78, 5) is 22.2. The fraction of sp³-hybridized carbons (Fsp3) is 0.500. The lowest BCUT2D eigenvalue weighted by molar-refractivity contribution is 0.131. The molecule has 0 aromatic carbocycles. The van der Waals surface area contributed by atoms with Gasteiger partial charge in [-0.15, -0.1) is 22.7 Å². The highest BCUT2D eigenvalue weighted by molar-refractivity contribution is 7.20. The zero-order valence-corrected chi connectivity index (χ0v) is 14.5. The third kappa shape index (κ3) is 3.27. The number of thiophene rings is 1. The van der Waals surface area contributed by atoms with Gasteiger partial charge >= 0.3 is 6.03 Å². The zero-order chi connectivity index (χ0) is 15.6. The van der Waals surface area contributed by atoms with Crippen molar-refractivity contribution in [1.29, 1.82) is 0 Å². The maximum atomic E-state index is 11.8. The van der Waals surface area contributed by atoms with Crippen molar-refractivity contribution < 1.29 is 4.79 Å². The summed E-state index contributed by atoms with van der Waals surface area (Å²) in [5, 5.41) is 8.29. The molecule has 0 atom stereocenters. The van der Waals surface area contributed by atoms with Crippen LogP contribution in [0.3, 0.4) is 0 Å². The molecule has 1 N–H and O–H groups in total. The van der Waals surface area contributed by atoms with Crippen molar-refractivity contribution in [3.8, 4) is 9.88 Å². The van der Waals surface area contributed by atoms with E-state index < -0.39 is 0 Å². The lowest BCUT2D eigenvalue weighted by Gasteiger charge is -2.35. The van der Waals surface area contributed by atoms with Gasteiger partial charge < -0.3 is 10.2 Å². The van der Waals surface area contributed by atoms with Crippen molar-refractivity contribution in [2.75, 3.05) is 26.2 Å². The van der Waals surface area contributed by atoms with E-state index in [1.165, 1.54) is 4.88 Å². The molecule has 2 aliphatic rings. The molecule has 2 aliphatic heterocycles. The van der Waals surface area contributed by atoms with Crippen molar-refractivity contribution in [2.45, 2.75) is 25.4 Å². The summed E-state index contributed by atoms with van der Waals surface area (Å²) in [5.41, 5.74) is 1.16. The van der Waals surface area contributed by atoms with Crippen LogP contribution in [0.4, 0.5) is 4.79 Å². The van der Waals surface area contributed by atoms with Gasteiger partial charge in [0.05, 0.1) is 10.6 Å². The average Bonchev–Trinajstić information content (AvgIpc) is 3.29. The second-order valence-electron chi connectivity index (χ2n) is 6.05. The number of carbonyl (C=O) groups is 1. The Morgan fingerprint density at radius 1 is 1.26 bits per heavy atom. The molecule has 0 radical (unpaired) electrons. The molecule has 0 bridgehead atoms. The number of nitrogens with zero attached hydrogens (tertiary/aromatic N) is 3. The van der Waals surface area contributed by atoms with Crippen LogP contribution in [0.15, 0.2) is 22.9 Å². The van der Waals surface area contributed by atoms with E-state index in [0.29, 0.717) is 6.04 Å². The summed E-state index contributed by atoms with van der Waals surface area (Å²) in [6.45, 7) is 4.66. The lowest BCUT2D eigenvalue weighted by Crippen LogP contribution is -2.45. The summed E-state index contributed by atoms with van der Waals surface area (Å²) in [6.07, 6.45) is 2.13. The summed E-state index contributed by atoms with van der Waals surface area (Å²) < 4.78 is 0. The Kier molecular flexibility index (Phi) is 4.33.